The Morgan fingerprint density at radius 3 is 2.38 bits per heavy atom. The van der Waals surface area contributed by atoms with Gasteiger partial charge in [0.25, 0.3) is 17.3 Å². The van der Waals surface area contributed by atoms with Gasteiger partial charge in [0.05, 0.1) is 27.7 Å². The van der Waals surface area contributed by atoms with Crippen LogP contribution in [0.5, 0.6) is 0 Å². The van der Waals surface area contributed by atoms with Crippen molar-refractivity contribution in [1.82, 2.24) is 5.43 Å². The number of non-ortho nitro benzene ring substituents is 2. The van der Waals surface area contributed by atoms with Crippen LogP contribution in [0.1, 0.15) is 15.9 Å². The molecule has 2 aromatic carbocycles. The molecule has 0 aliphatic rings. The van der Waals surface area contributed by atoms with Crippen molar-refractivity contribution in [2.75, 3.05) is 0 Å². The zero-order valence-electron chi connectivity index (χ0n) is 13.0. The second kappa shape index (κ2) is 7.07. The van der Waals surface area contributed by atoms with Crippen LogP contribution in [-0.2, 0) is 0 Å². The first kappa shape index (κ1) is 17.2. The number of nitro benzene ring substituents is 2. The Kier molecular flexibility index (Phi) is 4.67. The molecule has 1 heterocycles. The van der Waals surface area contributed by atoms with Gasteiger partial charge in [0.1, 0.15) is 0 Å². The standard InChI is InChI=1S/C16H10N4O5S/c21-16(10-5-12(19(22)23)7-13(6-10)20(24)25)18-17-8-11-9-26-15-4-2-1-3-14(11)15/h1-9H,(H,18,21)/b17-8-. The maximum absolute atomic E-state index is 12.1. The first-order chi connectivity index (χ1) is 12.5. The van der Waals surface area contributed by atoms with Crippen LogP contribution in [-0.4, -0.2) is 22.0 Å². The lowest BCUT2D eigenvalue weighted by atomic mass is 10.1. The van der Waals surface area contributed by atoms with Crippen molar-refractivity contribution in [3.8, 4) is 0 Å². The highest BCUT2D eigenvalue weighted by Gasteiger charge is 2.19. The van der Waals surface area contributed by atoms with Crippen molar-refractivity contribution in [3.63, 3.8) is 0 Å². The smallest absolute Gasteiger partial charge is 0.267 e. The lowest BCUT2D eigenvalue weighted by Gasteiger charge is -2.00. The zero-order valence-corrected chi connectivity index (χ0v) is 13.8. The van der Waals surface area contributed by atoms with E-state index in [1.165, 1.54) is 17.6 Å². The Morgan fingerprint density at radius 1 is 1.08 bits per heavy atom. The average Bonchev–Trinajstić information content (AvgIpc) is 3.04. The minimum atomic E-state index is -0.801. The molecule has 0 saturated heterocycles. The summed E-state index contributed by atoms with van der Waals surface area (Å²) in [4.78, 5) is 32.3. The minimum Gasteiger partial charge on any atom is -0.267 e. The summed E-state index contributed by atoms with van der Waals surface area (Å²) in [5.74, 6) is -0.785. The number of thiophene rings is 1. The van der Waals surface area contributed by atoms with E-state index >= 15 is 0 Å². The van der Waals surface area contributed by atoms with Gasteiger partial charge in [-0.1, -0.05) is 18.2 Å². The summed E-state index contributed by atoms with van der Waals surface area (Å²) < 4.78 is 1.06. The van der Waals surface area contributed by atoms with Crippen molar-refractivity contribution < 1.29 is 14.6 Å². The van der Waals surface area contributed by atoms with Gasteiger partial charge >= 0.3 is 0 Å². The molecular formula is C16H10N4O5S. The maximum atomic E-state index is 12.1. The van der Waals surface area contributed by atoms with E-state index in [0.717, 1.165) is 33.8 Å². The van der Waals surface area contributed by atoms with Gasteiger partial charge in [0.15, 0.2) is 0 Å². The Hall–Kier alpha value is -3.66. The molecule has 0 saturated carbocycles. The van der Waals surface area contributed by atoms with Crippen molar-refractivity contribution in [2.45, 2.75) is 0 Å². The van der Waals surface area contributed by atoms with Gasteiger partial charge in [-0.25, -0.2) is 5.43 Å². The molecule has 0 atom stereocenters. The molecular weight excluding hydrogens is 360 g/mol. The number of hydrogen-bond acceptors (Lipinski definition) is 7. The number of nitrogens with one attached hydrogen (secondary N) is 1. The molecule has 0 aliphatic heterocycles. The number of carbonyl (C=O) groups is 1. The molecule has 0 unspecified atom stereocenters. The zero-order chi connectivity index (χ0) is 18.7. The van der Waals surface area contributed by atoms with Gasteiger partial charge in [0.2, 0.25) is 0 Å². The summed E-state index contributed by atoms with van der Waals surface area (Å²) in [6, 6.07) is 10.4. The van der Waals surface area contributed by atoms with E-state index in [0.29, 0.717) is 0 Å². The lowest BCUT2D eigenvalue weighted by Crippen LogP contribution is -2.18. The van der Waals surface area contributed by atoms with Crippen LogP contribution >= 0.6 is 11.3 Å². The predicted molar refractivity (Wildman–Crippen MR) is 96.6 cm³/mol. The fourth-order valence-electron chi connectivity index (χ4n) is 2.26. The van der Waals surface area contributed by atoms with Gasteiger partial charge < -0.3 is 0 Å². The summed E-state index contributed by atoms with van der Waals surface area (Å²) in [5.41, 5.74) is 1.71. The number of amides is 1. The molecule has 0 fully saturated rings. The molecule has 130 valence electrons. The monoisotopic (exact) mass is 370 g/mol. The molecule has 0 spiro atoms. The van der Waals surface area contributed by atoms with Crippen LogP contribution in [0.15, 0.2) is 52.9 Å². The molecule has 26 heavy (non-hydrogen) atoms. The number of nitro groups is 2. The highest BCUT2D eigenvalue weighted by molar-refractivity contribution is 7.17. The molecule has 9 nitrogen and oxygen atoms in total. The molecule has 0 aliphatic carbocycles. The van der Waals surface area contributed by atoms with Crippen LogP contribution in [0.4, 0.5) is 11.4 Å². The van der Waals surface area contributed by atoms with Crippen molar-refractivity contribution in [3.05, 3.63) is 79.2 Å². The Morgan fingerprint density at radius 2 is 1.73 bits per heavy atom. The van der Waals surface area contributed by atoms with Crippen LogP contribution in [0.25, 0.3) is 10.1 Å². The summed E-state index contributed by atoms with van der Waals surface area (Å²) in [7, 11) is 0. The topological polar surface area (TPSA) is 128 Å². The third-order valence-corrected chi connectivity index (χ3v) is 4.45. The van der Waals surface area contributed by atoms with Gasteiger partial charge in [-0.05, 0) is 6.07 Å². The first-order valence-electron chi connectivity index (χ1n) is 7.19. The normalized spacial score (nSPS) is 10.9. The third-order valence-electron chi connectivity index (χ3n) is 3.47. The second-order valence-electron chi connectivity index (χ2n) is 5.14. The molecule has 1 N–H and O–H groups in total. The van der Waals surface area contributed by atoms with E-state index in [1.807, 2.05) is 29.6 Å². The highest BCUT2D eigenvalue weighted by atomic mass is 32.1. The van der Waals surface area contributed by atoms with Crippen molar-refractivity contribution in [1.29, 1.82) is 0 Å². The summed E-state index contributed by atoms with van der Waals surface area (Å²) in [5, 5.41) is 28.4. The Balaban J connectivity index is 1.81. The van der Waals surface area contributed by atoms with Crippen LogP contribution < -0.4 is 5.43 Å². The molecule has 0 radical (unpaired) electrons. The molecule has 0 bridgehead atoms. The molecule has 10 heteroatoms. The van der Waals surface area contributed by atoms with E-state index in [4.69, 9.17) is 0 Å². The number of nitrogens with zero attached hydrogens (tertiary/aromatic N) is 3. The number of hydrogen-bond donors (Lipinski definition) is 1. The number of fused-ring (bicyclic) bond motifs is 1. The molecule has 3 aromatic rings. The summed E-state index contributed by atoms with van der Waals surface area (Å²) in [6.45, 7) is 0. The van der Waals surface area contributed by atoms with E-state index < -0.39 is 27.1 Å². The molecule has 1 amide bonds. The van der Waals surface area contributed by atoms with Crippen LogP contribution in [0.2, 0.25) is 0 Å². The van der Waals surface area contributed by atoms with Gasteiger partial charge in [-0.2, -0.15) is 5.10 Å². The first-order valence-corrected chi connectivity index (χ1v) is 8.07. The Labute approximate surface area is 149 Å². The largest absolute Gasteiger partial charge is 0.277 e. The van der Waals surface area contributed by atoms with E-state index in [9.17, 15) is 25.0 Å². The van der Waals surface area contributed by atoms with E-state index in [-0.39, 0.29) is 5.56 Å². The number of rotatable bonds is 5. The lowest BCUT2D eigenvalue weighted by molar-refractivity contribution is -0.394. The number of hydrazone groups is 1. The SMILES string of the molecule is O=C(N/N=C\c1csc2ccccc12)c1cc([N+](=O)[O-])cc([N+](=O)[O-])c1. The summed E-state index contributed by atoms with van der Waals surface area (Å²) >= 11 is 1.53. The number of benzene rings is 2. The fraction of sp³-hybridized carbons (Fsp3) is 0. The van der Waals surface area contributed by atoms with E-state index in [1.54, 1.807) is 0 Å². The molecule has 1 aromatic heterocycles. The fourth-order valence-corrected chi connectivity index (χ4v) is 3.17. The molecule has 3 rings (SSSR count). The third kappa shape index (κ3) is 3.54. The summed E-state index contributed by atoms with van der Waals surface area (Å²) in [6.07, 6.45) is 1.45. The van der Waals surface area contributed by atoms with Crippen molar-refractivity contribution >= 4 is 44.9 Å². The van der Waals surface area contributed by atoms with Crippen molar-refractivity contribution in [2.24, 2.45) is 5.10 Å². The quantitative estimate of drug-likeness (QED) is 0.418. The van der Waals surface area contributed by atoms with Gasteiger partial charge in [-0.3, -0.25) is 25.0 Å². The number of carbonyl (C=O) groups excluding carboxylic acids is 1. The van der Waals surface area contributed by atoms with Gasteiger partial charge in [-0.15, -0.1) is 11.3 Å². The highest BCUT2D eigenvalue weighted by Crippen LogP contribution is 2.24. The van der Waals surface area contributed by atoms with Gasteiger partial charge in [0, 0.05) is 33.2 Å². The average molecular weight is 370 g/mol. The van der Waals surface area contributed by atoms with E-state index in [2.05, 4.69) is 10.5 Å². The predicted octanol–water partition coefficient (Wildman–Crippen LogP) is 3.48. The minimum absolute atomic E-state index is 0.224. The van der Waals surface area contributed by atoms with Crippen LogP contribution in [0, 0.1) is 20.2 Å². The van der Waals surface area contributed by atoms with Crippen LogP contribution in [0.3, 0.4) is 0 Å². The maximum Gasteiger partial charge on any atom is 0.277 e. The Bertz CT molecular complexity index is 1030. The second-order valence-corrected chi connectivity index (χ2v) is 6.05.